The van der Waals surface area contributed by atoms with E-state index >= 15 is 0 Å². The molecule has 0 saturated carbocycles. The predicted octanol–water partition coefficient (Wildman–Crippen LogP) is 9.74. The maximum atomic E-state index is 4.12. The molecule has 270 valence electrons. The summed E-state index contributed by atoms with van der Waals surface area (Å²) < 4.78 is 0. The molecule has 3 heterocycles. The van der Waals surface area contributed by atoms with Crippen LogP contribution < -0.4 is 35.1 Å². The maximum absolute atomic E-state index is 4.12. The lowest BCUT2D eigenvalue weighted by Gasteiger charge is -2.47. The van der Waals surface area contributed by atoms with Crippen molar-refractivity contribution >= 4 is 39.8 Å². The van der Waals surface area contributed by atoms with Crippen molar-refractivity contribution in [2.45, 2.75) is 37.0 Å². The third kappa shape index (κ3) is 5.76. The van der Waals surface area contributed by atoms with Crippen LogP contribution in [0.4, 0.5) is 39.8 Å². The fourth-order valence-electron chi connectivity index (χ4n) is 9.05. The lowest BCUT2D eigenvalue weighted by Crippen LogP contribution is -2.64. The second-order valence-corrected chi connectivity index (χ2v) is 14.3. The van der Waals surface area contributed by atoms with Gasteiger partial charge in [-0.1, -0.05) is 127 Å². The molecule has 0 unspecified atom stereocenters. The standard InChI is InChI=1S/C48H43N7/c1-8-22-36(23-9-1)49-43-45-53(40-30-16-5-17-31-40)46-44(50-37-24-10-2-11-25-37)52(39-28-14-4-15-29-39)48(55(46)42-34-20-7-21-35-42)47(51(43)38-26-12-3-13-27-38)54(45)41-32-18-6-19-33-41/h1-35,43-50H/t43-,44-,45-,46-,47-,48-/m1/s1. The van der Waals surface area contributed by atoms with E-state index in [-0.39, 0.29) is 37.0 Å². The molecular weight excluding hydrogens is 675 g/mol. The van der Waals surface area contributed by atoms with E-state index in [9.17, 15) is 0 Å². The van der Waals surface area contributed by atoms with Gasteiger partial charge in [0, 0.05) is 39.8 Å². The second-order valence-electron chi connectivity index (χ2n) is 14.3. The average molecular weight is 718 g/mol. The number of para-hydroxylation sites is 7. The predicted molar refractivity (Wildman–Crippen MR) is 227 cm³/mol. The van der Waals surface area contributed by atoms with Gasteiger partial charge in [0.05, 0.1) is 0 Å². The SMILES string of the molecule is c1ccc(N[C@H]2[C@@H]3N(c4ccccc4)[C@H]4[C@H](Nc5ccccc5)N(c5ccccc5)[C@@H]([C@@H](N3c3ccccc3)N2c2ccccc2)N4c2ccccc2)cc1. The van der Waals surface area contributed by atoms with Crippen molar-refractivity contribution in [3.8, 4) is 0 Å². The molecule has 7 heteroatoms. The molecule has 3 saturated heterocycles. The van der Waals surface area contributed by atoms with Crippen LogP contribution in [0.15, 0.2) is 212 Å². The third-order valence-corrected chi connectivity index (χ3v) is 11.2. The zero-order valence-electron chi connectivity index (χ0n) is 30.4. The van der Waals surface area contributed by atoms with Gasteiger partial charge in [-0.2, -0.15) is 0 Å². The first-order valence-corrected chi connectivity index (χ1v) is 19.2. The third-order valence-electron chi connectivity index (χ3n) is 11.2. The number of anilines is 7. The van der Waals surface area contributed by atoms with Crippen LogP contribution in [0, 0.1) is 0 Å². The van der Waals surface area contributed by atoms with Crippen LogP contribution in [0.5, 0.6) is 0 Å². The molecule has 3 aliphatic rings. The number of benzene rings is 7. The molecular formula is C48H43N7. The molecule has 7 nitrogen and oxygen atoms in total. The van der Waals surface area contributed by atoms with Crippen LogP contribution >= 0.6 is 0 Å². The normalized spacial score (nSPS) is 22.7. The summed E-state index contributed by atoms with van der Waals surface area (Å²) in [5, 5.41) is 8.23. The average Bonchev–Trinajstić information content (AvgIpc) is 3.72. The van der Waals surface area contributed by atoms with Crippen LogP contribution in [-0.4, -0.2) is 37.0 Å². The highest BCUT2D eigenvalue weighted by Gasteiger charge is 2.66. The van der Waals surface area contributed by atoms with E-state index in [0.717, 1.165) is 39.8 Å². The number of nitrogens with one attached hydrogen (secondary N) is 2. The van der Waals surface area contributed by atoms with E-state index in [4.69, 9.17) is 0 Å². The zero-order chi connectivity index (χ0) is 36.6. The topological polar surface area (TPSA) is 40.3 Å². The molecule has 7 aromatic carbocycles. The van der Waals surface area contributed by atoms with Crippen LogP contribution in [-0.2, 0) is 0 Å². The Bertz CT molecular complexity index is 2140. The second kappa shape index (κ2) is 14.2. The molecule has 0 aromatic heterocycles. The zero-order valence-corrected chi connectivity index (χ0v) is 30.4. The molecule has 55 heavy (non-hydrogen) atoms. The van der Waals surface area contributed by atoms with E-state index in [0.29, 0.717) is 0 Å². The first-order chi connectivity index (χ1) is 27.3. The van der Waals surface area contributed by atoms with Gasteiger partial charge in [-0.3, -0.25) is 0 Å². The molecule has 3 aliphatic heterocycles. The van der Waals surface area contributed by atoms with Gasteiger partial charge in [-0.15, -0.1) is 0 Å². The summed E-state index contributed by atoms with van der Waals surface area (Å²) in [6.07, 6.45) is -1.06. The number of hydrogen-bond acceptors (Lipinski definition) is 7. The molecule has 0 amide bonds. The number of hydrogen-bond donors (Lipinski definition) is 2. The minimum absolute atomic E-state index is 0.172. The van der Waals surface area contributed by atoms with Crippen LogP contribution in [0.3, 0.4) is 0 Å². The van der Waals surface area contributed by atoms with Crippen LogP contribution in [0.2, 0.25) is 0 Å². The summed E-state index contributed by atoms with van der Waals surface area (Å²) in [4.78, 5) is 13.3. The van der Waals surface area contributed by atoms with Gasteiger partial charge in [0.1, 0.15) is 37.0 Å². The highest BCUT2D eigenvalue weighted by molar-refractivity contribution is 5.75. The van der Waals surface area contributed by atoms with E-state index in [1.807, 2.05) is 0 Å². The Balaban J connectivity index is 1.31. The van der Waals surface area contributed by atoms with Gasteiger partial charge in [0.15, 0.2) is 0 Å². The van der Waals surface area contributed by atoms with Crippen molar-refractivity contribution < 1.29 is 0 Å². The van der Waals surface area contributed by atoms with E-state index in [1.54, 1.807) is 0 Å². The molecule has 6 atom stereocenters. The lowest BCUT2D eigenvalue weighted by molar-refractivity contribution is 0.476. The molecule has 4 bridgehead atoms. The van der Waals surface area contributed by atoms with E-state index < -0.39 is 0 Å². The van der Waals surface area contributed by atoms with Gasteiger partial charge in [-0.05, 0) is 84.9 Å². The monoisotopic (exact) mass is 717 g/mol. The minimum atomic E-state index is -0.185. The molecule has 0 spiro atoms. The van der Waals surface area contributed by atoms with Crippen molar-refractivity contribution in [2.75, 3.05) is 35.1 Å². The number of nitrogens with zero attached hydrogens (tertiary/aromatic N) is 5. The first-order valence-electron chi connectivity index (χ1n) is 19.2. The van der Waals surface area contributed by atoms with E-state index in [1.165, 1.54) is 0 Å². The Kier molecular flexibility index (Phi) is 8.44. The molecule has 10 rings (SSSR count). The fraction of sp³-hybridized carbons (Fsp3) is 0.125. The summed E-state index contributed by atoms with van der Waals surface area (Å²) in [7, 11) is 0. The van der Waals surface area contributed by atoms with Gasteiger partial charge >= 0.3 is 0 Å². The summed E-state index contributed by atoms with van der Waals surface area (Å²) in [6, 6.07) is 76.3. The molecule has 3 fully saturated rings. The Morgan fingerprint density at radius 2 is 0.455 bits per heavy atom. The Hall–Kier alpha value is -6.86. The first kappa shape index (κ1) is 32.8. The Labute approximate surface area is 323 Å². The van der Waals surface area contributed by atoms with Gasteiger partial charge in [0.25, 0.3) is 0 Å². The number of fused-ring (bicyclic) bond motifs is 5. The number of rotatable bonds is 9. The van der Waals surface area contributed by atoms with Gasteiger partial charge < -0.3 is 35.1 Å². The molecule has 0 aliphatic carbocycles. The van der Waals surface area contributed by atoms with Crippen molar-refractivity contribution in [1.29, 1.82) is 0 Å². The smallest absolute Gasteiger partial charge is 0.145 e. The maximum Gasteiger partial charge on any atom is 0.145 e. The lowest BCUT2D eigenvalue weighted by atomic mass is 10.1. The van der Waals surface area contributed by atoms with Crippen molar-refractivity contribution in [2.24, 2.45) is 0 Å². The van der Waals surface area contributed by atoms with Crippen LogP contribution in [0.1, 0.15) is 0 Å². The Morgan fingerprint density at radius 1 is 0.236 bits per heavy atom. The molecule has 2 N–H and O–H groups in total. The van der Waals surface area contributed by atoms with Crippen molar-refractivity contribution in [3.05, 3.63) is 212 Å². The van der Waals surface area contributed by atoms with Crippen molar-refractivity contribution in [3.63, 3.8) is 0 Å². The summed E-state index contributed by atoms with van der Waals surface area (Å²) in [6.45, 7) is 0. The summed E-state index contributed by atoms with van der Waals surface area (Å²) in [5.74, 6) is 0. The largest absolute Gasteiger partial charge is 0.362 e. The highest BCUT2D eigenvalue weighted by atomic mass is 15.7. The highest BCUT2D eigenvalue weighted by Crippen LogP contribution is 2.52. The fourth-order valence-corrected chi connectivity index (χ4v) is 9.05. The quantitative estimate of drug-likeness (QED) is 0.154. The molecule has 0 radical (unpaired) electrons. The van der Waals surface area contributed by atoms with Crippen molar-refractivity contribution in [1.82, 2.24) is 0 Å². The summed E-state index contributed by atoms with van der Waals surface area (Å²) in [5.41, 5.74) is 7.92. The van der Waals surface area contributed by atoms with Gasteiger partial charge in [-0.25, -0.2) is 0 Å². The van der Waals surface area contributed by atoms with Gasteiger partial charge in [0.2, 0.25) is 0 Å². The molecule has 7 aromatic rings. The Morgan fingerprint density at radius 3 is 0.727 bits per heavy atom. The summed E-state index contributed by atoms with van der Waals surface area (Å²) >= 11 is 0. The van der Waals surface area contributed by atoms with E-state index in [2.05, 4.69) is 247 Å². The van der Waals surface area contributed by atoms with Crippen LogP contribution in [0.25, 0.3) is 0 Å². The minimum Gasteiger partial charge on any atom is -0.362 e.